The molecule has 0 aliphatic heterocycles. The number of aryl methyl sites for hydroxylation is 1. The molecule has 1 amide bonds. The van der Waals surface area contributed by atoms with Crippen LogP contribution in [0.3, 0.4) is 0 Å². The summed E-state index contributed by atoms with van der Waals surface area (Å²) in [5.41, 5.74) is 2.77. The Labute approximate surface area is 171 Å². The second-order valence-corrected chi connectivity index (χ2v) is 8.37. The molecule has 0 aromatic heterocycles. The van der Waals surface area contributed by atoms with E-state index in [-0.39, 0.29) is 22.1 Å². The standard InChI is InChI=1S/C19H20BrN3O3S/c1-11-9-13(23(25)26)6-8-16(11)21-18(27)22-17(24)12-5-7-14(15(20)10-12)19(2,3)4/h5-10H,1-4H3,(H2,21,22,24,27). The molecule has 0 aliphatic rings. The third-order valence-corrected chi connectivity index (χ3v) is 4.80. The molecule has 0 fully saturated rings. The van der Waals surface area contributed by atoms with Gasteiger partial charge in [-0.3, -0.25) is 20.2 Å². The van der Waals surface area contributed by atoms with E-state index >= 15 is 0 Å². The van der Waals surface area contributed by atoms with E-state index in [2.05, 4.69) is 47.3 Å². The van der Waals surface area contributed by atoms with Gasteiger partial charge in [0.05, 0.1) is 4.92 Å². The number of hydrogen-bond donors (Lipinski definition) is 2. The Morgan fingerprint density at radius 2 is 1.85 bits per heavy atom. The number of nitrogens with one attached hydrogen (secondary N) is 2. The van der Waals surface area contributed by atoms with Crippen molar-refractivity contribution in [3.63, 3.8) is 0 Å². The number of carbonyl (C=O) groups excluding carboxylic acids is 1. The third kappa shape index (κ3) is 5.33. The minimum Gasteiger partial charge on any atom is -0.332 e. The molecule has 0 spiro atoms. The Morgan fingerprint density at radius 3 is 2.37 bits per heavy atom. The molecule has 2 N–H and O–H groups in total. The molecule has 2 rings (SSSR count). The lowest BCUT2D eigenvalue weighted by Crippen LogP contribution is -2.34. The van der Waals surface area contributed by atoms with Crippen LogP contribution in [-0.4, -0.2) is 15.9 Å². The largest absolute Gasteiger partial charge is 0.332 e. The van der Waals surface area contributed by atoms with Crippen LogP contribution in [-0.2, 0) is 5.41 Å². The summed E-state index contributed by atoms with van der Waals surface area (Å²) < 4.78 is 0.854. The zero-order chi connectivity index (χ0) is 20.4. The average Bonchev–Trinajstić information content (AvgIpc) is 2.55. The molecule has 0 heterocycles. The van der Waals surface area contributed by atoms with Crippen molar-refractivity contribution in [1.29, 1.82) is 0 Å². The fourth-order valence-electron chi connectivity index (χ4n) is 2.50. The van der Waals surface area contributed by atoms with Gasteiger partial charge in [0.15, 0.2) is 5.11 Å². The van der Waals surface area contributed by atoms with Gasteiger partial charge in [0.1, 0.15) is 0 Å². The summed E-state index contributed by atoms with van der Waals surface area (Å²) in [6.45, 7) is 8.01. The van der Waals surface area contributed by atoms with Crippen molar-refractivity contribution in [3.8, 4) is 0 Å². The fraction of sp³-hybridized carbons (Fsp3) is 0.263. The van der Waals surface area contributed by atoms with Gasteiger partial charge in [0.2, 0.25) is 0 Å². The third-order valence-electron chi connectivity index (χ3n) is 3.94. The Kier molecular flexibility index (Phi) is 6.33. The number of nitro groups is 1. The molecule has 0 atom stereocenters. The van der Waals surface area contributed by atoms with Crippen molar-refractivity contribution in [3.05, 3.63) is 67.7 Å². The number of rotatable bonds is 3. The van der Waals surface area contributed by atoms with E-state index < -0.39 is 4.92 Å². The lowest BCUT2D eigenvalue weighted by Gasteiger charge is -2.21. The summed E-state index contributed by atoms with van der Waals surface area (Å²) in [6, 6.07) is 9.80. The topological polar surface area (TPSA) is 84.3 Å². The summed E-state index contributed by atoms with van der Waals surface area (Å²) in [5, 5.41) is 16.4. The molecule has 0 saturated carbocycles. The van der Waals surface area contributed by atoms with E-state index in [1.165, 1.54) is 12.1 Å². The predicted molar refractivity (Wildman–Crippen MR) is 114 cm³/mol. The lowest BCUT2D eigenvalue weighted by atomic mass is 9.86. The summed E-state index contributed by atoms with van der Waals surface area (Å²) in [6.07, 6.45) is 0. The first-order valence-corrected chi connectivity index (χ1v) is 9.36. The number of non-ortho nitro benzene ring substituents is 1. The van der Waals surface area contributed by atoms with Gasteiger partial charge >= 0.3 is 0 Å². The van der Waals surface area contributed by atoms with Crippen LogP contribution in [0.4, 0.5) is 11.4 Å². The normalized spacial score (nSPS) is 11.0. The van der Waals surface area contributed by atoms with Crippen LogP contribution in [0.15, 0.2) is 40.9 Å². The van der Waals surface area contributed by atoms with Crippen LogP contribution in [0.1, 0.15) is 42.3 Å². The Hall–Kier alpha value is -2.32. The molecule has 142 valence electrons. The second-order valence-electron chi connectivity index (χ2n) is 7.11. The number of carbonyl (C=O) groups is 1. The molecule has 0 saturated heterocycles. The monoisotopic (exact) mass is 449 g/mol. The number of anilines is 1. The molecule has 0 unspecified atom stereocenters. The van der Waals surface area contributed by atoms with Crippen molar-refractivity contribution in [2.75, 3.05) is 5.32 Å². The summed E-state index contributed by atoms with van der Waals surface area (Å²) in [5.74, 6) is -0.340. The highest BCUT2D eigenvalue weighted by Crippen LogP contribution is 2.30. The van der Waals surface area contributed by atoms with Crippen molar-refractivity contribution >= 4 is 50.5 Å². The van der Waals surface area contributed by atoms with Crippen LogP contribution in [0, 0.1) is 17.0 Å². The molecule has 2 aromatic rings. The maximum atomic E-state index is 12.4. The van der Waals surface area contributed by atoms with Crippen LogP contribution < -0.4 is 10.6 Å². The second kappa shape index (κ2) is 8.14. The molecular formula is C19H20BrN3O3S. The van der Waals surface area contributed by atoms with Gasteiger partial charge in [-0.25, -0.2) is 0 Å². The number of nitro benzene ring substituents is 1. The van der Waals surface area contributed by atoms with E-state index in [4.69, 9.17) is 12.2 Å². The highest BCUT2D eigenvalue weighted by Gasteiger charge is 2.19. The van der Waals surface area contributed by atoms with E-state index in [1.807, 2.05) is 6.07 Å². The summed E-state index contributed by atoms with van der Waals surface area (Å²) in [4.78, 5) is 22.8. The summed E-state index contributed by atoms with van der Waals surface area (Å²) in [7, 11) is 0. The fourth-order valence-corrected chi connectivity index (χ4v) is 3.67. The SMILES string of the molecule is Cc1cc([N+](=O)[O-])ccc1NC(=S)NC(=O)c1ccc(C(C)(C)C)c(Br)c1. The first-order valence-electron chi connectivity index (χ1n) is 8.16. The number of thiocarbonyl (C=S) groups is 1. The lowest BCUT2D eigenvalue weighted by molar-refractivity contribution is -0.384. The van der Waals surface area contributed by atoms with Crippen molar-refractivity contribution < 1.29 is 9.72 Å². The van der Waals surface area contributed by atoms with Crippen LogP contribution in [0.5, 0.6) is 0 Å². The minimum absolute atomic E-state index is 0.00297. The van der Waals surface area contributed by atoms with Crippen molar-refractivity contribution in [2.24, 2.45) is 0 Å². The number of benzene rings is 2. The quantitative estimate of drug-likeness (QED) is 0.387. The van der Waals surface area contributed by atoms with E-state index in [0.717, 1.165) is 10.0 Å². The smallest absolute Gasteiger partial charge is 0.269 e. The Morgan fingerprint density at radius 1 is 1.19 bits per heavy atom. The molecular weight excluding hydrogens is 430 g/mol. The van der Waals surface area contributed by atoms with E-state index in [1.54, 1.807) is 25.1 Å². The average molecular weight is 450 g/mol. The molecule has 0 aliphatic carbocycles. The van der Waals surface area contributed by atoms with Crippen LogP contribution >= 0.6 is 28.1 Å². The highest BCUT2D eigenvalue weighted by molar-refractivity contribution is 9.10. The van der Waals surface area contributed by atoms with Gasteiger partial charge in [-0.1, -0.05) is 42.8 Å². The van der Waals surface area contributed by atoms with Gasteiger partial charge in [-0.15, -0.1) is 0 Å². The first kappa shape index (κ1) is 21.0. The number of halogens is 1. The number of hydrogen-bond acceptors (Lipinski definition) is 4. The highest BCUT2D eigenvalue weighted by atomic mass is 79.9. The van der Waals surface area contributed by atoms with Gasteiger partial charge in [-0.2, -0.15) is 0 Å². The zero-order valence-corrected chi connectivity index (χ0v) is 17.8. The molecule has 0 bridgehead atoms. The first-order chi connectivity index (χ1) is 12.5. The van der Waals surface area contributed by atoms with Gasteiger partial charge in [-0.05, 0) is 53.9 Å². The molecule has 0 radical (unpaired) electrons. The summed E-state index contributed by atoms with van der Waals surface area (Å²) >= 11 is 8.70. The van der Waals surface area contributed by atoms with E-state index in [0.29, 0.717) is 16.8 Å². The predicted octanol–water partition coefficient (Wildman–Crippen LogP) is 5.09. The Balaban J connectivity index is 2.09. The number of nitrogens with zero attached hydrogens (tertiary/aromatic N) is 1. The van der Waals surface area contributed by atoms with Crippen LogP contribution in [0.25, 0.3) is 0 Å². The minimum atomic E-state index is -0.462. The molecule has 27 heavy (non-hydrogen) atoms. The molecule has 8 heteroatoms. The maximum absolute atomic E-state index is 12.4. The molecule has 6 nitrogen and oxygen atoms in total. The Bertz CT molecular complexity index is 923. The van der Waals surface area contributed by atoms with Gasteiger partial charge < -0.3 is 5.32 Å². The van der Waals surface area contributed by atoms with Gasteiger partial charge in [0.25, 0.3) is 11.6 Å². The zero-order valence-electron chi connectivity index (χ0n) is 15.4. The van der Waals surface area contributed by atoms with Gasteiger partial charge in [0, 0.05) is 27.9 Å². The molecule has 2 aromatic carbocycles. The van der Waals surface area contributed by atoms with E-state index in [9.17, 15) is 14.9 Å². The number of amides is 1. The van der Waals surface area contributed by atoms with Crippen LogP contribution in [0.2, 0.25) is 0 Å². The van der Waals surface area contributed by atoms with Crippen molar-refractivity contribution in [1.82, 2.24) is 5.32 Å². The van der Waals surface area contributed by atoms with Crippen molar-refractivity contribution in [2.45, 2.75) is 33.1 Å². The maximum Gasteiger partial charge on any atom is 0.269 e.